The first-order chi connectivity index (χ1) is 10.2. The van der Waals surface area contributed by atoms with E-state index in [1.807, 2.05) is 29.6 Å². The number of hydrogen-bond acceptors (Lipinski definition) is 5. The van der Waals surface area contributed by atoms with Gasteiger partial charge in [0.05, 0.1) is 12.1 Å². The van der Waals surface area contributed by atoms with E-state index in [0.29, 0.717) is 12.3 Å². The number of furan rings is 1. The number of anilines is 1. The van der Waals surface area contributed by atoms with E-state index in [2.05, 4.69) is 10.3 Å². The van der Waals surface area contributed by atoms with Crippen LogP contribution in [-0.2, 0) is 6.54 Å². The third kappa shape index (κ3) is 3.11. The summed E-state index contributed by atoms with van der Waals surface area (Å²) >= 11 is 1.60. The van der Waals surface area contributed by atoms with E-state index in [4.69, 9.17) is 9.52 Å². The van der Waals surface area contributed by atoms with Gasteiger partial charge in [0.15, 0.2) is 0 Å². The molecule has 0 saturated heterocycles. The van der Waals surface area contributed by atoms with Gasteiger partial charge in [-0.1, -0.05) is 0 Å². The summed E-state index contributed by atoms with van der Waals surface area (Å²) in [5.41, 5.74) is 2.16. The van der Waals surface area contributed by atoms with Gasteiger partial charge in [0.2, 0.25) is 0 Å². The SMILES string of the molecule is O=C(O)c1coc(CNc2ccc(-c3nccs3)cc2)c1. The Labute approximate surface area is 124 Å². The molecule has 0 unspecified atom stereocenters. The molecule has 106 valence electrons. The number of carboxylic acid groups (broad SMARTS) is 1. The fourth-order valence-electron chi connectivity index (χ4n) is 1.87. The van der Waals surface area contributed by atoms with Crippen molar-refractivity contribution < 1.29 is 14.3 Å². The molecular formula is C15H12N2O3S. The maximum absolute atomic E-state index is 10.8. The molecule has 2 heterocycles. The van der Waals surface area contributed by atoms with Gasteiger partial charge in [0.1, 0.15) is 17.0 Å². The van der Waals surface area contributed by atoms with Crippen LogP contribution >= 0.6 is 11.3 Å². The fraction of sp³-hybridized carbons (Fsp3) is 0.0667. The quantitative estimate of drug-likeness (QED) is 0.751. The van der Waals surface area contributed by atoms with E-state index in [1.54, 1.807) is 17.5 Å². The van der Waals surface area contributed by atoms with Crippen molar-refractivity contribution in [1.82, 2.24) is 4.98 Å². The average Bonchev–Trinajstić information content (AvgIpc) is 3.17. The number of nitrogens with zero attached hydrogens (tertiary/aromatic N) is 1. The van der Waals surface area contributed by atoms with E-state index in [9.17, 15) is 4.79 Å². The molecule has 0 bridgehead atoms. The van der Waals surface area contributed by atoms with Gasteiger partial charge in [-0.2, -0.15) is 0 Å². The Kier molecular flexibility index (Phi) is 3.70. The van der Waals surface area contributed by atoms with E-state index < -0.39 is 5.97 Å². The molecule has 1 aromatic carbocycles. The third-order valence-electron chi connectivity index (χ3n) is 2.93. The van der Waals surface area contributed by atoms with E-state index in [1.165, 1.54) is 12.3 Å². The topological polar surface area (TPSA) is 75.4 Å². The zero-order valence-corrected chi connectivity index (χ0v) is 11.8. The summed E-state index contributed by atoms with van der Waals surface area (Å²) in [6.45, 7) is 0.434. The Morgan fingerprint density at radius 1 is 1.33 bits per heavy atom. The first-order valence-corrected chi connectivity index (χ1v) is 7.15. The minimum absolute atomic E-state index is 0.158. The van der Waals surface area contributed by atoms with Crippen LogP contribution in [0.2, 0.25) is 0 Å². The number of carbonyl (C=O) groups is 1. The summed E-state index contributed by atoms with van der Waals surface area (Å²) < 4.78 is 5.18. The van der Waals surface area contributed by atoms with Crippen molar-refractivity contribution in [1.29, 1.82) is 0 Å². The number of benzene rings is 1. The van der Waals surface area contributed by atoms with Crippen LogP contribution in [0.25, 0.3) is 10.6 Å². The van der Waals surface area contributed by atoms with Gasteiger partial charge >= 0.3 is 5.97 Å². The molecule has 3 aromatic rings. The van der Waals surface area contributed by atoms with Crippen LogP contribution in [0.3, 0.4) is 0 Å². The molecule has 21 heavy (non-hydrogen) atoms. The third-order valence-corrected chi connectivity index (χ3v) is 3.75. The van der Waals surface area contributed by atoms with Crippen LogP contribution in [0.4, 0.5) is 5.69 Å². The van der Waals surface area contributed by atoms with Crippen LogP contribution in [0.1, 0.15) is 16.1 Å². The number of rotatable bonds is 5. The number of thiazole rings is 1. The predicted octanol–water partition coefficient (Wildman–Crippen LogP) is 3.71. The fourth-order valence-corrected chi connectivity index (χ4v) is 2.52. The van der Waals surface area contributed by atoms with Crippen LogP contribution in [0.5, 0.6) is 0 Å². The Hall–Kier alpha value is -2.60. The summed E-state index contributed by atoms with van der Waals surface area (Å²) in [5.74, 6) is -0.408. The van der Waals surface area contributed by atoms with E-state index in [0.717, 1.165) is 16.3 Å². The van der Waals surface area contributed by atoms with Gasteiger partial charge in [-0.15, -0.1) is 11.3 Å². The van der Waals surface area contributed by atoms with Crippen LogP contribution in [-0.4, -0.2) is 16.1 Å². The van der Waals surface area contributed by atoms with Gasteiger partial charge in [0, 0.05) is 22.8 Å². The second-order valence-corrected chi connectivity index (χ2v) is 5.27. The van der Waals surface area contributed by atoms with Crippen molar-refractivity contribution in [3.8, 4) is 10.6 Å². The van der Waals surface area contributed by atoms with Crippen molar-refractivity contribution in [3.63, 3.8) is 0 Å². The molecule has 5 nitrogen and oxygen atoms in total. The highest BCUT2D eigenvalue weighted by Crippen LogP contribution is 2.23. The van der Waals surface area contributed by atoms with Crippen LogP contribution in [0, 0.1) is 0 Å². The molecular weight excluding hydrogens is 288 g/mol. The Morgan fingerprint density at radius 3 is 2.76 bits per heavy atom. The van der Waals surface area contributed by atoms with Crippen LogP contribution in [0.15, 0.2) is 52.6 Å². The normalized spacial score (nSPS) is 10.5. The molecule has 2 aromatic heterocycles. The van der Waals surface area contributed by atoms with Crippen molar-refractivity contribution in [2.75, 3.05) is 5.32 Å². The highest BCUT2D eigenvalue weighted by atomic mass is 32.1. The second kappa shape index (κ2) is 5.80. The molecule has 0 aliphatic rings. The Morgan fingerprint density at radius 2 is 2.14 bits per heavy atom. The molecule has 2 N–H and O–H groups in total. The summed E-state index contributed by atoms with van der Waals surface area (Å²) in [6, 6.07) is 9.41. The van der Waals surface area contributed by atoms with E-state index >= 15 is 0 Å². The molecule has 0 amide bonds. The lowest BCUT2D eigenvalue weighted by molar-refractivity contribution is 0.0696. The molecule has 0 saturated carbocycles. The maximum Gasteiger partial charge on any atom is 0.338 e. The van der Waals surface area contributed by atoms with Crippen LogP contribution < -0.4 is 5.32 Å². The number of aromatic carboxylic acids is 1. The first-order valence-electron chi connectivity index (χ1n) is 6.27. The number of nitrogens with one attached hydrogen (secondary N) is 1. The summed E-state index contributed by atoms with van der Waals surface area (Å²) in [6.07, 6.45) is 3.02. The minimum atomic E-state index is -0.988. The number of carboxylic acids is 1. The number of aromatic nitrogens is 1. The minimum Gasteiger partial charge on any atom is -0.478 e. The molecule has 6 heteroatoms. The van der Waals surface area contributed by atoms with E-state index in [-0.39, 0.29) is 5.56 Å². The highest BCUT2D eigenvalue weighted by molar-refractivity contribution is 7.13. The molecule has 0 fully saturated rings. The second-order valence-electron chi connectivity index (χ2n) is 4.38. The zero-order valence-electron chi connectivity index (χ0n) is 10.9. The number of hydrogen-bond donors (Lipinski definition) is 2. The Bertz CT molecular complexity index is 733. The molecule has 0 aliphatic carbocycles. The summed E-state index contributed by atoms with van der Waals surface area (Å²) in [4.78, 5) is 15.0. The smallest absolute Gasteiger partial charge is 0.338 e. The van der Waals surface area contributed by atoms with Crippen molar-refractivity contribution in [2.45, 2.75) is 6.54 Å². The average molecular weight is 300 g/mol. The summed E-state index contributed by atoms with van der Waals surface area (Å²) in [7, 11) is 0. The lowest BCUT2D eigenvalue weighted by Crippen LogP contribution is -1.98. The summed E-state index contributed by atoms with van der Waals surface area (Å²) in [5, 5.41) is 14.9. The first kappa shape index (κ1) is 13.4. The zero-order chi connectivity index (χ0) is 14.7. The predicted molar refractivity (Wildman–Crippen MR) is 80.5 cm³/mol. The molecule has 0 spiro atoms. The van der Waals surface area contributed by atoms with Gasteiger partial charge in [-0.3, -0.25) is 0 Å². The largest absolute Gasteiger partial charge is 0.478 e. The molecule has 3 rings (SSSR count). The highest BCUT2D eigenvalue weighted by Gasteiger charge is 2.08. The van der Waals surface area contributed by atoms with Crippen molar-refractivity contribution >= 4 is 23.0 Å². The lowest BCUT2D eigenvalue weighted by atomic mass is 10.2. The van der Waals surface area contributed by atoms with Crippen molar-refractivity contribution in [3.05, 3.63) is 59.5 Å². The monoisotopic (exact) mass is 300 g/mol. The molecule has 0 radical (unpaired) electrons. The van der Waals surface area contributed by atoms with Gasteiger partial charge in [-0.25, -0.2) is 9.78 Å². The molecule has 0 aliphatic heterocycles. The Balaban J connectivity index is 1.64. The van der Waals surface area contributed by atoms with Gasteiger partial charge in [-0.05, 0) is 30.3 Å². The maximum atomic E-state index is 10.8. The van der Waals surface area contributed by atoms with Gasteiger partial charge in [0.25, 0.3) is 0 Å². The lowest BCUT2D eigenvalue weighted by Gasteiger charge is -2.05. The van der Waals surface area contributed by atoms with Gasteiger partial charge < -0.3 is 14.8 Å². The standard InChI is InChI=1S/C15H12N2O3S/c18-15(19)11-7-13(20-9-11)8-17-12-3-1-10(2-4-12)14-16-5-6-21-14/h1-7,9,17H,8H2,(H,18,19). The molecule has 0 atom stereocenters. The van der Waals surface area contributed by atoms with Crippen molar-refractivity contribution in [2.24, 2.45) is 0 Å².